The Hall–Kier alpha value is -0.0400. The average molecular weight is 154 g/mol. The molecule has 0 saturated heterocycles. The molecule has 0 bridgehead atoms. The highest BCUT2D eigenvalue weighted by molar-refractivity contribution is 5.15. The van der Waals surface area contributed by atoms with E-state index in [1.807, 2.05) is 0 Å². The van der Waals surface area contributed by atoms with Gasteiger partial charge in [0, 0.05) is 0 Å². The minimum atomic E-state index is 0.0224. The molecule has 0 aromatic heterocycles. The molecule has 0 aromatic rings. The SMILES string of the molecule is CC(C)(C)C12CCC(O)C1C2. The van der Waals surface area contributed by atoms with E-state index in [4.69, 9.17) is 0 Å². The third-order valence-corrected chi connectivity index (χ3v) is 3.98. The maximum Gasteiger partial charge on any atom is 0.0574 e. The minimum Gasteiger partial charge on any atom is -0.393 e. The van der Waals surface area contributed by atoms with Gasteiger partial charge in [0.2, 0.25) is 0 Å². The predicted octanol–water partition coefficient (Wildman–Crippen LogP) is 2.19. The van der Waals surface area contributed by atoms with Crippen molar-refractivity contribution in [2.24, 2.45) is 16.7 Å². The molecule has 1 heteroatoms. The van der Waals surface area contributed by atoms with Gasteiger partial charge in [-0.05, 0) is 36.0 Å². The normalized spacial score (nSPS) is 49.1. The van der Waals surface area contributed by atoms with E-state index in [-0.39, 0.29) is 6.10 Å². The summed E-state index contributed by atoms with van der Waals surface area (Å²) in [6, 6.07) is 0. The lowest BCUT2D eigenvalue weighted by Crippen LogP contribution is -2.21. The van der Waals surface area contributed by atoms with Gasteiger partial charge in [-0.25, -0.2) is 0 Å². The van der Waals surface area contributed by atoms with Crippen LogP contribution in [-0.2, 0) is 0 Å². The van der Waals surface area contributed by atoms with Crippen LogP contribution in [0, 0.1) is 16.7 Å². The number of rotatable bonds is 0. The molecule has 3 atom stereocenters. The zero-order valence-electron chi connectivity index (χ0n) is 7.72. The van der Waals surface area contributed by atoms with Crippen LogP contribution in [0.3, 0.4) is 0 Å². The maximum absolute atomic E-state index is 9.57. The molecule has 0 amide bonds. The number of aliphatic hydroxyl groups is 1. The lowest BCUT2D eigenvalue weighted by Gasteiger charge is -2.29. The van der Waals surface area contributed by atoms with Crippen LogP contribution in [0.5, 0.6) is 0 Å². The molecule has 2 aliphatic rings. The van der Waals surface area contributed by atoms with Crippen LogP contribution in [-0.4, -0.2) is 11.2 Å². The summed E-state index contributed by atoms with van der Waals surface area (Å²) in [4.78, 5) is 0. The Balaban J connectivity index is 2.18. The fourth-order valence-electron chi connectivity index (χ4n) is 2.97. The molecular formula is C10H18O. The maximum atomic E-state index is 9.57. The van der Waals surface area contributed by atoms with Crippen LogP contribution in [0.15, 0.2) is 0 Å². The van der Waals surface area contributed by atoms with Crippen molar-refractivity contribution in [1.29, 1.82) is 0 Å². The molecule has 0 heterocycles. The molecule has 11 heavy (non-hydrogen) atoms. The van der Waals surface area contributed by atoms with Crippen LogP contribution in [0.1, 0.15) is 40.0 Å². The van der Waals surface area contributed by atoms with Crippen LogP contribution in [0.25, 0.3) is 0 Å². The van der Waals surface area contributed by atoms with Gasteiger partial charge in [-0.3, -0.25) is 0 Å². The minimum absolute atomic E-state index is 0.0224. The zero-order chi connectivity index (χ0) is 8.28. The summed E-state index contributed by atoms with van der Waals surface area (Å²) >= 11 is 0. The van der Waals surface area contributed by atoms with E-state index in [0.29, 0.717) is 16.7 Å². The smallest absolute Gasteiger partial charge is 0.0574 e. The van der Waals surface area contributed by atoms with Crippen LogP contribution in [0.4, 0.5) is 0 Å². The van der Waals surface area contributed by atoms with E-state index in [1.165, 1.54) is 12.8 Å². The van der Waals surface area contributed by atoms with Crippen molar-refractivity contribution < 1.29 is 5.11 Å². The summed E-state index contributed by atoms with van der Waals surface area (Å²) in [5, 5.41) is 9.57. The van der Waals surface area contributed by atoms with Crippen molar-refractivity contribution in [3.63, 3.8) is 0 Å². The number of hydrogen-bond acceptors (Lipinski definition) is 1. The van der Waals surface area contributed by atoms with Gasteiger partial charge in [0.25, 0.3) is 0 Å². The number of hydrogen-bond donors (Lipinski definition) is 1. The van der Waals surface area contributed by atoms with Gasteiger partial charge in [0.05, 0.1) is 6.10 Å². The molecule has 1 N–H and O–H groups in total. The Morgan fingerprint density at radius 1 is 1.36 bits per heavy atom. The largest absolute Gasteiger partial charge is 0.393 e. The van der Waals surface area contributed by atoms with Crippen molar-refractivity contribution >= 4 is 0 Å². The van der Waals surface area contributed by atoms with Crippen LogP contribution in [0.2, 0.25) is 0 Å². The van der Waals surface area contributed by atoms with Crippen LogP contribution < -0.4 is 0 Å². The lowest BCUT2D eigenvalue weighted by atomic mass is 9.76. The quantitative estimate of drug-likeness (QED) is 0.567. The molecule has 2 aliphatic carbocycles. The predicted molar refractivity (Wildman–Crippen MR) is 45.2 cm³/mol. The molecular weight excluding hydrogens is 136 g/mol. The summed E-state index contributed by atoms with van der Waals surface area (Å²) in [6.45, 7) is 6.93. The van der Waals surface area contributed by atoms with Crippen molar-refractivity contribution in [1.82, 2.24) is 0 Å². The molecule has 1 nitrogen and oxygen atoms in total. The van der Waals surface area contributed by atoms with Gasteiger partial charge in [-0.2, -0.15) is 0 Å². The van der Waals surface area contributed by atoms with E-state index in [1.54, 1.807) is 0 Å². The fourth-order valence-corrected chi connectivity index (χ4v) is 2.97. The van der Waals surface area contributed by atoms with E-state index >= 15 is 0 Å². The summed E-state index contributed by atoms with van der Waals surface area (Å²) in [7, 11) is 0. The highest BCUT2D eigenvalue weighted by Crippen LogP contribution is 2.71. The van der Waals surface area contributed by atoms with Crippen molar-refractivity contribution in [3.8, 4) is 0 Å². The first-order valence-electron chi connectivity index (χ1n) is 4.65. The second-order valence-corrected chi connectivity index (χ2v) is 5.32. The van der Waals surface area contributed by atoms with E-state index in [9.17, 15) is 5.11 Å². The first kappa shape index (κ1) is 7.60. The Morgan fingerprint density at radius 3 is 2.18 bits per heavy atom. The highest BCUT2D eigenvalue weighted by Gasteiger charge is 2.66. The van der Waals surface area contributed by atoms with Gasteiger partial charge in [-0.1, -0.05) is 20.8 Å². The molecule has 3 unspecified atom stereocenters. The Kier molecular flexibility index (Phi) is 1.26. The van der Waals surface area contributed by atoms with Crippen molar-refractivity contribution in [3.05, 3.63) is 0 Å². The van der Waals surface area contributed by atoms with E-state index < -0.39 is 0 Å². The average Bonchev–Trinajstić information content (AvgIpc) is 2.50. The van der Waals surface area contributed by atoms with E-state index in [2.05, 4.69) is 20.8 Å². The van der Waals surface area contributed by atoms with Crippen molar-refractivity contribution in [2.45, 2.75) is 46.1 Å². The number of aliphatic hydroxyl groups excluding tert-OH is 1. The van der Waals surface area contributed by atoms with Crippen LogP contribution >= 0.6 is 0 Å². The van der Waals surface area contributed by atoms with Gasteiger partial charge in [0.1, 0.15) is 0 Å². The summed E-state index contributed by atoms with van der Waals surface area (Å²) in [5.41, 5.74) is 0.932. The fraction of sp³-hybridized carbons (Fsp3) is 1.00. The standard InChI is InChI=1S/C10H18O/c1-9(2,3)10-5-4-8(11)7(10)6-10/h7-8,11H,4-6H2,1-3H3. The second kappa shape index (κ2) is 1.82. The molecule has 2 saturated carbocycles. The Labute approximate surface area is 68.8 Å². The summed E-state index contributed by atoms with van der Waals surface area (Å²) in [6.07, 6.45) is 3.59. The molecule has 0 radical (unpaired) electrons. The van der Waals surface area contributed by atoms with Crippen molar-refractivity contribution in [2.75, 3.05) is 0 Å². The molecule has 2 rings (SSSR count). The Morgan fingerprint density at radius 2 is 2.00 bits per heavy atom. The van der Waals surface area contributed by atoms with Gasteiger partial charge in [-0.15, -0.1) is 0 Å². The van der Waals surface area contributed by atoms with Gasteiger partial charge >= 0.3 is 0 Å². The second-order valence-electron chi connectivity index (χ2n) is 5.32. The highest BCUT2D eigenvalue weighted by atomic mass is 16.3. The molecule has 2 fully saturated rings. The zero-order valence-corrected chi connectivity index (χ0v) is 7.72. The molecule has 0 aliphatic heterocycles. The number of fused-ring (bicyclic) bond motifs is 1. The van der Waals surface area contributed by atoms with E-state index in [0.717, 1.165) is 6.42 Å². The third-order valence-electron chi connectivity index (χ3n) is 3.98. The molecule has 0 spiro atoms. The first-order chi connectivity index (χ1) is 4.97. The topological polar surface area (TPSA) is 20.2 Å². The first-order valence-corrected chi connectivity index (χ1v) is 4.65. The lowest BCUT2D eigenvalue weighted by molar-refractivity contribution is 0.149. The monoisotopic (exact) mass is 154 g/mol. The molecule has 0 aromatic carbocycles. The summed E-state index contributed by atoms with van der Waals surface area (Å²) in [5.74, 6) is 0.641. The summed E-state index contributed by atoms with van der Waals surface area (Å²) < 4.78 is 0. The molecule has 64 valence electrons. The Bertz CT molecular complexity index is 180. The van der Waals surface area contributed by atoms with Gasteiger partial charge in [0.15, 0.2) is 0 Å². The van der Waals surface area contributed by atoms with Gasteiger partial charge < -0.3 is 5.11 Å². The third kappa shape index (κ3) is 0.807.